The van der Waals surface area contributed by atoms with Crippen LogP contribution < -0.4 is 5.32 Å². The van der Waals surface area contributed by atoms with Gasteiger partial charge in [0.15, 0.2) is 10.8 Å². The Hall–Kier alpha value is -1.90. The first kappa shape index (κ1) is 17.9. The number of hydrogen-bond donors (Lipinski definition) is 1. The molecule has 136 valence electrons. The number of anilines is 1. The van der Waals surface area contributed by atoms with Crippen LogP contribution in [-0.4, -0.2) is 20.7 Å². The summed E-state index contributed by atoms with van der Waals surface area (Å²) in [5, 5.41) is 6.53. The van der Waals surface area contributed by atoms with Gasteiger partial charge in [0.25, 0.3) is 5.91 Å². The smallest absolute Gasteiger partial charge is 0.298 e. The zero-order valence-corrected chi connectivity index (χ0v) is 14.8. The largest absolute Gasteiger partial charge is 0.433 e. The molecule has 1 aliphatic carbocycles. The van der Waals surface area contributed by atoms with Crippen molar-refractivity contribution in [2.75, 3.05) is 5.32 Å². The van der Waals surface area contributed by atoms with Gasteiger partial charge in [-0.05, 0) is 32.1 Å². The third-order valence-corrected chi connectivity index (χ3v) is 5.53. The molecule has 5 nitrogen and oxygen atoms in total. The van der Waals surface area contributed by atoms with Crippen LogP contribution in [0.5, 0.6) is 0 Å². The van der Waals surface area contributed by atoms with Gasteiger partial charge in [0.2, 0.25) is 0 Å². The van der Waals surface area contributed by atoms with Gasteiger partial charge in [-0.25, -0.2) is 4.98 Å². The van der Waals surface area contributed by atoms with E-state index in [1.807, 2.05) is 0 Å². The average molecular weight is 372 g/mol. The number of halogens is 3. The van der Waals surface area contributed by atoms with Crippen LogP contribution in [0.15, 0.2) is 6.20 Å². The summed E-state index contributed by atoms with van der Waals surface area (Å²) >= 11 is 1.35. The Balaban J connectivity index is 1.82. The average Bonchev–Trinajstić information content (AvgIpc) is 3.16. The van der Waals surface area contributed by atoms with E-state index in [2.05, 4.69) is 22.3 Å². The zero-order chi connectivity index (χ0) is 18.2. The zero-order valence-electron chi connectivity index (χ0n) is 14.0. The quantitative estimate of drug-likeness (QED) is 0.877. The highest BCUT2D eigenvalue weighted by atomic mass is 32.1. The Morgan fingerprint density at radius 1 is 1.44 bits per heavy atom. The predicted molar refractivity (Wildman–Crippen MR) is 88.8 cm³/mol. The molecule has 1 amide bonds. The SMILES string of the molecule is CCC1CCc2nc(NC(=O)c3cnn(CC)c3C(F)(F)F)sc2C1. The van der Waals surface area contributed by atoms with Gasteiger partial charge < -0.3 is 0 Å². The number of hydrogen-bond acceptors (Lipinski definition) is 4. The molecule has 0 saturated carbocycles. The number of aromatic nitrogens is 3. The maximum absolute atomic E-state index is 13.2. The van der Waals surface area contributed by atoms with Gasteiger partial charge in [0, 0.05) is 11.4 Å². The minimum absolute atomic E-state index is 0.0338. The van der Waals surface area contributed by atoms with Gasteiger partial charge in [0.1, 0.15) is 0 Å². The van der Waals surface area contributed by atoms with E-state index >= 15 is 0 Å². The number of thiazole rings is 1. The standard InChI is InChI=1S/C16H19F3N4OS/c1-3-9-5-6-11-12(7-9)25-15(21-11)22-14(24)10-8-20-23(4-2)13(10)16(17,18)19/h8-9H,3-7H2,1-2H3,(H,21,22,24). The monoisotopic (exact) mass is 372 g/mol. The number of amides is 1. The van der Waals surface area contributed by atoms with Gasteiger partial charge in [-0.15, -0.1) is 11.3 Å². The number of carbonyl (C=O) groups is 1. The van der Waals surface area contributed by atoms with Crippen LogP contribution in [0.4, 0.5) is 18.3 Å². The van der Waals surface area contributed by atoms with Gasteiger partial charge in [0.05, 0.1) is 17.5 Å². The molecular weight excluding hydrogens is 353 g/mol. The first-order chi connectivity index (χ1) is 11.8. The van der Waals surface area contributed by atoms with E-state index in [9.17, 15) is 18.0 Å². The molecule has 0 aromatic carbocycles. The molecule has 3 rings (SSSR count). The van der Waals surface area contributed by atoms with E-state index in [-0.39, 0.29) is 6.54 Å². The van der Waals surface area contributed by atoms with E-state index < -0.39 is 23.3 Å². The molecular formula is C16H19F3N4OS. The van der Waals surface area contributed by atoms with Crippen molar-refractivity contribution in [1.29, 1.82) is 0 Å². The van der Waals surface area contributed by atoms with E-state index in [0.29, 0.717) is 11.0 Å². The minimum Gasteiger partial charge on any atom is -0.298 e. The van der Waals surface area contributed by atoms with Crippen LogP contribution in [0.25, 0.3) is 0 Å². The molecule has 9 heteroatoms. The molecule has 25 heavy (non-hydrogen) atoms. The summed E-state index contributed by atoms with van der Waals surface area (Å²) < 4.78 is 40.5. The molecule has 1 unspecified atom stereocenters. The third kappa shape index (κ3) is 3.56. The fourth-order valence-electron chi connectivity index (χ4n) is 3.10. The highest BCUT2D eigenvalue weighted by Crippen LogP contribution is 2.35. The number of carbonyl (C=O) groups excluding carboxylic acids is 1. The molecule has 1 N–H and O–H groups in total. The lowest BCUT2D eigenvalue weighted by Crippen LogP contribution is -2.21. The molecule has 1 atom stereocenters. The Morgan fingerprint density at radius 3 is 2.84 bits per heavy atom. The minimum atomic E-state index is -4.64. The van der Waals surface area contributed by atoms with E-state index in [0.717, 1.165) is 47.1 Å². The summed E-state index contributed by atoms with van der Waals surface area (Å²) in [5.41, 5.74) is -0.556. The van der Waals surface area contributed by atoms with E-state index in [1.165, 1.54) is 11.3 Å². The predicted octanol–water partition coefficient (Wildman–Crippen LogP) is 4.15. The van der Waals surface area contributed by atoms with Crippen LogP contribution >= 0.6 is 11.3 Å². The Kier molecular flexibility index (Phi) is 4.86. The second-order valence-electron chi connectivity index (χ2n) is 6.08. The molecule has 0 radical (unpaired) electrons. The third-order valence-electron chi connectivity index (χ3n) is 4.49. The number of fused-ring (bicyclic) bond motifs is 1. The van der Waals surface area contributed by atoms with Crippen LogP contribution in [0.3, 0.4) is 0 Å². The molecule has 0 saturated heterocycles. The summed E-state index contributed by atoms with van der Waals surface area (Å²) in [6, 6.07) is 0. The fraction of sp³-hybridized carbons (Fsp3) is 0.562. The second-order valence-corrected chi connectivity index (χ2v) is 7.16. The van der Waals surface area contributed by atoms with Crippen molar-refractivity contribution in [3.05, 3.63) is 28.0 Å². The molecule has 2 aromatic rings. The summed E-state index contributed by atoms with van der Waals surface area (Å²) in [6.45, 7) is 3.72. The molecule has 0 spiro atoms. The second kappa shape index (κ2) is 6.78. The van der Waals surface area contributed by atoms with Crippen molar-refractivity contribution in [3.63, 3.8) is 0 Å². The molecule has 0 bridgehead atoms. The van der Waals surface area contributed by atoms with Crippen molar-refractivity contribution >= 4 is 22.4 Å². The lowest BCUT2D eigenvalue weighted by Gasteiger charge is -2.18. The van der Waals surface area contributed by atoms with E-state index in [1.54, 1.807) is 6.92 Å². The number of rotatable bonds is 4. The maximum Gasteiger partial charge on any atom is 0.433 e. The fourth-order valence-corrected chi connectivity index (χ4v) is 4.22. The van der Waals surface area contributed by atoms with Crippen molar-refractivity contribution in [2.24, 2.45) is 5.92 Å². The van der Waals surface area contributed by atoms with Crippen LogP contribution in [0.2, 0.25) is 0 Å². The van der Waals surface area contributed by atoms with Crippen molar-refractivity contribution in [3.8, 4) is 0 Å². The Labute approximate surface area is 147 Å². The Bertz CT molecular complexity index is 781. The van der Waals surface area contributed by atoms with Gasteiger partial charge in [-0.3, -0.25) is 14.8 Å². The van der Waals surface area contributed by atoms with Crippen molar-refractivity contribution in [1.82, 2.24) is 14.8 Å². The number of nitrogens with zero attached hydrogens (tertiary/aromatic N) is 3. The maximum atomic E-state index is 13.2. The topological polar surface area (TPSA) is 59.8 Å². The number of aryl methyl sites for hydroxylation is 2. The molecule has 2 aromatic heterocycles. The number of alkyl halides is 3. The summed E-state index contributed by atoms with van der Waals surface area (Å²) in [5.74, 6) is -0.221. The van der Waals surface area contributed by atoms with Gasteiger partial charge in [-0.1, -0.05) is 13.3 Å². The van der Waals surface area contributed by atoms with E-state index in [4.69, 9.17) is 0 Å². The lowest BCUT2D eigenvalue weighted by atomic mass is 9.89. The lowest BCUT2D eigenvalue weighted by molar-refractivity contribution is -0.144. The highest BCUT2D eigenvalue weighted by Gasteiger charge is 2.40. The van der Waals surface area contributed by atoms with Gasteiger partial charge in [-0.2, -0.15) is 18.3 Å². The summed E-state index contributed by atoms with van der Waals surface area (Å²) in [7, 11) is 0. The molecule has 2 heterocycles. The highest BCUT2D eigenvalue weighted by molar-refractivity contribution is 7.15. The first-order valence-electron chi connectivity index (χ1n) is 8.26. The molecule has 1 aliphatic rings. The summed E-state index contributed by atoms with van der Waals surface area (Å²) in [6.07, 6.45) is 0.229. The van der Waals surface area contributed by atoms with Crippen LogP contribution in [0, 0.1) is 5.92 Å². The molecule has 0 aliphatic heterocycles. The first-order valence-corrected chi connectivity index (χ1v) is 9.08. The Morgan fingerprint density at radius 2 is 2.20 bits per heavy atom. The van der Waals surface area contributed by atoms with Crippen LogP contribution in [-0.2, 0) is 25.6 Å². The summed E-state index contributed by atoms with van der Waals surface area (Å²) in [4.78, 5) is 17.8. The van der Waals surface area contributed by atoms with Crippen molar-refractivity contribution < 1.29 is 18.0 Å². The molecule has 0 fully saturated rings. The normalized spacial score (nSPS) is 17.4. The number of nitrogens with one attached hydrogen (secondary N) is 1. The van der Waals surface area contributed by atoms with Crippen LogP contribution in [0.1, 0.15) is 53.3 Å². The van der Waals surface area contributed by atoms with Gasteiger partial charge >= 0.3 is 6.18 Å². The van der Waals surface area contributed by atoms with Crippen molar-refractivity contribution in [2.45, 2.75) is 52.3 Å².